The molecule has 7 heteroatoms. The van der Waals surface area contributed by atoms with Gasteiger partial charge >= 0.3 is 0 Å². The fourth-order valence-corrected chi connectivity index (χ4v) is 9.51. The molecule has 0 saturated carbocycles. The van der Waals surface area contributed by atoms with Crippen LogP contribution in [0.5, 0.6) is 0 Å². The Morgan fingerprint density at radius 2 is 1.36 bits per heavy atom. The third-order valence-electron chi connectivity index (χ3n) is 6.47. The standard InChI is InChI=1S/C26H29BrN3O2P/c1-21-12-13-24(25(27)20-21)26(28-16-18-32-19-17-28)33(31)29(22-8-4-2-5-9-22)14-15-30(33)23-10-6-3-7-11-23/h2-13,20,26H,14-19H2,1H3. The van der Waals surface area contributed by atoms with Crippen LogP contribution in [-0.2, 0) is 9.30 Å². The summed E-state index contributed by atoms with van der Waals surface area (Å²) >= 11 is 3.82. The topological polar surface area (TPSA) is 36.0 Å². The van der Waals surface area contributed by atoms with E-state index in [-0.39, 0.29) is 5.78 Å². The highest BCUT2D eigenvalue weighted by Crippen LogP contribution is 2.70. The lowest BCUT2D eigenvalue weighted by atomic mass is 10.1. The van der Waals surface area contributed by atoms with Crippen LogP contribution < -0.4 is 9.34 Å². The van der Waals surface area contributed by atoms with Crippen molar-refractivity contribution in [3.05, 3.63) is 94.5 Å². The highest BCUT2D eigenvalue weighted by Gasteiger charge is 2.52. The van der Waals surface area contributed by atoms with Gasteiger partial charge in [-0.2, -0.15) is 0 Å². The maximum absolute atomic E-state index is 15.7. The minimum absolute atomic E-state index is 0.292. The van der Waals surface area contributed by atoms with Gasteiger partial charge < -0.3 is 14.1 Å². The summed E-state index contributed by atoms with van der Waals surface area (Å²) in [4.78, 5) is 2.36. The predicted octanol–water partition coefficient (Wildman–Crippen LogP) is 6.31. The Balaban J connectivity index is 1.71. The zero-order chi connectivity index (χ0) is 22.8. The van der Waals surface area contributed by atoms with Crippen LogP contribution in [0.25, 0.3) is 0 Å². The number of benzene rings is 3. The van der Waals surface area contributed by atoms with Crippen LogP contribution in [-0.4, -0.2) is 44.3 Å². The Hall–Kier alpha value is -2.11. The summed E-state index contributed by atoms with van der Waals surface area (Å²) < 4.78 is 26.7. The van der Waals surface area contributed by atoms with E-state index in [1.807, 2.05) is 36.4 Å². The molecule has 1 unspecified atom stereocenters. The largest absolute Gasteiger partial charge is 0.379 e. The molecule has 2 heterocycles. The molecule has 0 aliphatic carbocycles. The minimum atomic E-state index is -3.17. The monoisotopic (exact) mass is 525 g/mol. The molecule has 0 radical (unpaired) electrons. The number of halogens is 1. The molecule has 0 bridgehead atoms. The first kappa shape index (κ1) is 22.7. The zero-order valence-electron chi connectivity index (χ0n) is 18.8. The molecule has 33 heavy (non-hydrogen) atoms. The first-order valence-electron chi connectivity index (χ1n) is 11.4. The van der Waals surface area contributed by atoms with Crippen LogP contribution in [0.15, 0.2) is 83.3 Å². The van der Waals surface area contributed by atoms with Crippen LogP contribution in [0.3, 0.4) is 0 Å². The lowest BCUT2D eigenvalue weighted by Crippen LogP contribution is -2.42. The average molecular weight is 526 g/mol. The van der Waals surface area contributed by atoms with Gasteiger partial charge in [0.15, 0.2) is 0 Å². The van der Waals surface area contributed by atoms with E-state index < -0.39 is 7.44 Å². The van der Waals surface area contributed by atoms with Crippen molar-refractivity contribution in [2.24, 2.45) is 0 Å². The molecule has 2 aliphatic heterocycles. The van der Waals surface area contributed by atoms with Gasteiger partial charge in [-0.05, 0) is 48.4 Å². The third kappa shape index (κ3) is 4.26. The second kappa shape index (κ2) is 9.63. The van der Waals surface area contributed by atoms with Gasteiger partial charge in [-0.25, -0.2) is 0 Å². The Kier molecular flexibility index (Phi) is 6.62. The second-order valence-corrected chi connectivity index (χ2v) is 12.0. The third-order valence-corrected chi connectivity index (χ3v) is 10.6. The number of anilines is 2. The zero-order valence-corrected chi connectivity index (χ0v) is 21.3. The van der Waals surface area contributed by atoms with E-state index in [1.54, 1.807) is 0 Å². The number of nitrogens with zero attached hydrogens (tertiary/aromatic N) is 3. The van der Waals surface area contributed by atoms with Crippen molar-refractivity contribution in [2.75, 3.05) is 48.7 Å². The van der Waals surface area contributed by atoms with Crippen molar-refractivity contribution in [3.63, 3.8) is 0 Å². The van der Waals surface area contributed by atoms with Crippen molar-refractivity contribution in [2.45, 2.75) is 12.7 Å². The average Bonchev–Trinajstić information content (AvgIpc) is 3.20. The molecule has 0 amide bonds. The van der Waals surface area contributed by atoms with Crippen LogP contribution in [0.1, 0.15) is 16.9 Å². The SMILES string of the molecule is Cc1ccc(C(N2CCOCC2)P2(=O)N(c3ccccc3)CCN2c2ccccc2)c(Br)c1. The molecular weight excluding hydrogens is 497 g/mol. The predicted molar refractivity (Wildman–Crippen MR) is 139 cm³/mol. The summed E-state index contributed by atoms with van der Waals surface area (Å²) in [5.41, 5.74) is 4.24. The fourth-order valence-electron chi connectivity index (χ4n) is 4.91. The molecule has 2 aliphatic rings. The lowest BCUT2D eigenvalue weighted by molar-refractivity contribution is 0.0302. The Morgan fingerprint density at radius 3 is 1.88 bits per heavy atom. The summed E-state index contributed by atoms with van der Waals surface area (Å²) in [6.45, 7) is 6.30. The Bertz CT molecular complexity index is 1090. The molecule has 1 atom stereocenters. The van der Waals surface area contributed by atoms with Gasteiger partial charge in [0.2, 0.25) is 0 Å². The molecule has 2 fully saturated rings. The quantitative estimate of drug-likeness (QED) is 0.365. The summed E-state index contributed by atoms with van der Waals surface area (Å²) in [6.07, 6.45) is 0. The molecule has 0 aromatic heterocycles. The molecule has 3 aromatic carbocycles. The van der Waals surface area contributed by atoms with E-state index in [0.717, 1.165) is 34.5 Å². The summed E-state index contributed by atoms with van der Waals surface area (Å²) in [5, 5.41) is 0. The smallest absolute Gasteiger partial charge is 0.284 e. The number of aryl methyl sites for hydroxylation is 1. The second-order valence-electron chi connectivity index (χ2n) is 8.55. The lowest BCUT2D eigenvalue weighted by Gasteiger charge is -2.44. The van der Waals surface area contributed by atoms with Gasteiger partial charge in [0.1, 0.15) is 5.78 Å². The first-order valence-corrected chi connectivity index (χ1v) is 13.9. The van der Waals surface area contributed by atoms with Crippen LogP contribution in [0.2, 0.25) is 0 Å². The van der Waals surface area contributed by atoms with Gasteiger partial charge in [0, 0.05) is 42.0 Å². The number of morpholine rings is 1. The Morgan fingerprint density at radius 1 is 0.818 bits per heavy atom. The molecule has 0 spiro atoms. The number of hydrogen-bond donors (Lipinski definition) is 0. The van der Waals surface area contributed by atoms with Gasteiger partial charge in [0.05, 0.1) is 13.2 Å². The number of para-hydroxylation sites is 2. The van der Waals surface area contributed by atoms with Crippen LogP contribution in [0.4, 0.5) is 11.4 Å². The summed E-state index contributed by atoms with van der Waals surface area (Å²) in [5.74, 6) is -0.292. The first-order chi connectivity index (χ1) is 16.1. The molecule has 0 N–H and O–H groups in total. The fraction of sp³-hybridized carbons (Fsp3) is 0.308. The van der Waals surface area contributed by atoms with Crippen molar-refractivity contribution in [1.82, 2.24) is 4.90 Å². The molecule has 3 aromatic rings. The molecule has 5 rings (SSSR count). The van der Waals surface area contributed by atoms with Gasteiger partial charge in [-0.15, -0.1) is 0 Å². The number of ether oxygens (including phenoxy) is 1. The van der Waals surface area contributed by atoms with Gasteiger partial charge in [-0.3, -0.25) is 9.46 Å². The van der Waals surface area contributed by atoms with E-state index in [4.69, 9.17) is 4.74 Å². The van der Waals surface area contributed by atoms with E-state index in [1.165, 1.54) is 5.56 Å². The molecular formula is C26H29BrN3O2P. The van der Waals surface area contributed by atoms with E-state index in [9.17, 15) is 0 Å². The van der Waals surface area contributed by atoms with Gasteiger partial charge in [0.25, 0.3) is 7.44 Å². The van der Waals surface area contributed by atoms with Crippen molar-refractivity contribution < 1.29 is 9.30 Å². The van der Waals surface area contributed by atoms with Crippen molar-refractivity contribution >= 4 is 34.7 Å². The maximum Gasteiger partial charge on any atom is 0.284 e. The highest BCUT2D eigenvalue weighted by atomic mass is 79.9. The molecule has 2 saturated heterocycles. The molecule has 172 valence electrons. The van der Waals surface area contributed by atoms with Crippen LogP contribution in [0, 0.1) is 6.92 Å². The summed E-state index contributed by atoms with van der Waals surface area (Å²) in [7, 11) is -3.17. The summed E-state index contributed by atoms with van der Waals surface area (Å²) in [6, 6.07) is 26.8. The van der Waals surface area contributed by atoms with Gasteiger partial charge in [-0.1, -0.05) is 64.5 Å². The maximum atomic E-state index is 15.7. The Labute approximate surface area is 204 Å². The van der Waals surface area contributed by atoms with Crippen molar-refractivity contribution in [1.29, 1.82) is 0 Å². The normalized spacial score (nSPS) is 19.6. The number of hydrogen-bond acceptors (Lipinski definition) is 3. The highest BCUT2D eigenvalue weighted by molar-refractivity contribution is 9.10. The van der Waals surface area contributed by atoms with E-state index >= 15 is 4.57 Å². The van der Waals surface area contributed by atoms with Crippen molar-refractivity contribution in [3.8, 4) is 0 Å². The van der Waals surface area contributed by atoms with E-state index in [0.29, 0.717) is 26.3 Å². The van der Waals surface area contributed by atoms with E-state index in [2.05, 4.69) is 79.6 Å². The number of rotatable bonds is 5. The van der Waals surface area contributed by atoms with Crippen LogP contribution >= 0.6 is 23.4 Å². The molecule has 5 nitrogen and oxygen atoms in total. The minimum Gasteiger partial charge on any atom is -0.379 e.